The van der Waals surface area contributed by atoms with Crippen LogP contribution in [-0.4, -0.2) is 11.6 Å². The molecule has 94 valence electrons. The molecule has 2 heteroatoms. The molecular weight excluding hydrogens is 210 g/mol. The van der Waals surface area contributed by atoms with E-state index in [0.29, 0.717) is 5.92 Å². The van der Waals surface area contributed by atoms with E-state index >= 15 is 0 Å². The molecule has 0 aromatic carbocycles. The fraction of sp³-hybridized carbons (Fsp3) is 0.667. The second-order valence-electron chi connectivity index (χ2n) is 6.39. The van der Waals surface area contributed by atoms with Crippen molar-refractivity contribution in [3.05, 3.63) is 23.0 Å². The van der Waals surface area contributed by atoms with E-state index in [0.717, 1.165) is 30.9 Å². The summed E-state index contributed by atoms with van der Waals surface area (Å²) in [7, 11) is 0. The Morgan fingerprint density at radius 3 is 2.65 bits per heavy atom. The van der Waals surface area contributed by atoms with Gasteiger partial charge in [-0.1, -0.05) is 34.6 Å². The number of nitrogens with zero attached hydrogens (tertiary/aromatic N) is 1. The highest BCUT2D eigenvalue weighted by Crippen LogP contribution is 2.37. The number of fused-ring (bicyclic) bond motifs is 1. The molecular formula is C15H23NO. The molecule has 0 saturated carbocycles. The van der Waals surface area contributed by atoms with E-state index in [1.54, 1.807) is 0 Å². The maximum absolute atomic E-state index is 5.82. The predicted octanol–water partition coefficient (Wildman–Crippen LogP) is 3.51. The third kappa shape index (κ3) is 2.46. The van der Waals surface area contributed by atoms with Crippen LogP contribution in [0, 0.1) is 5.92 Å². The van der Waals surface area contributed by atoms with Crippen molar-refractivity contribution >= 4 is 0 Å². The lowest BCUT2D eigenvalue weighted by Crippen LogP contribution is -2.15. The van der Waals surface area contributed by atoms with E-state index in [2.05, 4.69) is 45.8 Å². The SMILES string of the molecule is CC(C)Cc1cnc(C(C)(C)C)c2c1CCO2. The van der Waals surface area contributed by atoms with Gasteiger partial charge in [0.05, 0.1) is 12.3 Å². The molecule has 0 unspecified atom stereocenters. The first kappa shape index (κ1) is 12.4. The first-order valence-electron chi connectivity index (χ1n) is 6.53. The number of ether oxygens (including phenoxy) is 1. The van der Waals surface area contributed by atoms with Crippen LogP contribution in [0.15, 0.2) is 6.20 Å². The van der Waals surface area contributed by atoms with Crippen molar-refractivity contribution in [2.75, 3.05) is 6.61 Å². The van der Waals surface area contributed by atoms with Crippen molar-refractivity contribution in [3.63, 3.8) is 0 Å². The topological polar surface area (TPSA) is 22.1 Å². The fourth-order valence-corrected chi connectivity index (χ4v) is 2.40. The molecule has 0 aliphatic carbocycles. The molecule has 0 saturated heterocycles. The summed E-state index contributed by atoms with van der Waals surface area (Å²) in [5.74, 6) is 1.73. The highest BCUT2D eigenvalue weighted by Gasteiger charge is 2.28. The summed E-state index contributed by atoms with van der Waals surface area (Å²) >= 11 is 0. The molecule has 0 atom stereocenters. The Kier molecular flexibility index (Phi) is 3.15. The monoisotopic (exact) mass is 233 g/mol. The molecule has 0 radical (unpaired) electrons. The fourth-order valence-electron chi connectivity index (χ4n) is 2.40. The second-order valence-corrected chi connectivity index (χ2v) is 6.39. The van der Waals surface area contributed by atoms with Gasteiger partial charge in [-0.25, -0.2) is 0 Å². The van der Waals surface area contributed by atoms with Crippen LogP contribution in [0.2, 0.25) is 0 Å². The Morgan fingerprint density at radius 1 is 1.35 bits per heavy atom. The number of hydrogen-bond donors (Lipinski definition) is 0. The molecule has 0 fully saturated rings. The molecule has 0 N–H and O–H groups in total. The summed E-state index contributed by atoms with van der Waals surface area (Å²) in [4.78, 5) is 4.65. The van der Waals surface area contributed by atoms with Crippen LogP contribution in [0.1, 0.15) is 51.4 Å². The smallest absolute Gasteiger partial charge is 0.144 e. The summed E-state index contributed by atoms with van der Waals surface area (Å²) in [5, 5.41) is 0. The van der Waals surface area contributed by atoms with Crippen molar-refractivity contribution in [1.29, 1.82) is 0 Å². The lowest BCUT2D eigenvalue weighted by atomic mass is 9.88. The average Bonchev–Trinajstić information content (AvgIpc) is 2.63. The molecule has 1 aromatic heterocycles. The van der Waals surface area contributed by atoms with E-state index in [1.807, 2.05) is 0 Å². The molecule has 2 heterocycles. The van der Waals surface area contributed by atoms with Crippen LogP contribution in [-0.2, 0) is 18.3 Å². The van der Waals surface area contributed by atoms with Crippen molar-refractivity contribution in [2.45, 2.75) is 52.9 Å². The van der Waals surface area contributed by atoms with Crippen molar-refractivity contribution in [1.82, 2.24) is 4.98 Å². The zero-order chi connectivity index (χ0) is 12.6. The molecule has 0 bridgehead atoms. The zero-order valence-electron chi connectivity index (χ0n) is 11.6. The van der Waals surface area contributed by atoms with Gasteiger partial charge in [0.15, 0.2) is 0 Å². The van der Waals surface area contributed by atoms with Crippen LogP contribution in [0.4, 0.5) is 0 Å². The van der Waals surface area contributed by atoms with Crippen LogP contribution in [0.5, 0.6) is 5.75 Å². The van der Waals surface area contributed by atoms with E-state index in [4.69, 9.17) is 4.74 Å². The van der Waals surface area contributed by atoms with E-state index in [9.17, 15) is 0 Å². The Hall–Kier alpha value is -1.05. The summed E-state index contributed by atoms with van der Waals surface area (Å²) in [6, 6.07) is 0. The molecule has 1 aliphatic heterocycles. The van der Waals surface area contributed by atoms with E-state index in [-0.39, 0.29) is 5.41 Å². The van der Waals surface area contributed by atoms with Gasteiger partial charge in [0, 0.05) is 23.6 Å². The van der Waals surface area contributed by atoms with Gasteiger partial charge < -0.3 is 4.74 Å². The third-order valence-electron chi connectivity index (χ3n) is 3.16. The summed E-state index contributed by atoms with van der Waals surface area (Å²) in [6.07, 6.45) is 4.21. The van der Waals surface area contributed by atoms with Gasteiger partial charge in [-0.15, -0.1) is 0 Å². The Labute approximate surface area is 104 Å². The van der Waals surface area contributed by atoms with Gasteiger partial charge in [0.2, 0.25) is 0 Å². The Balaban J connectivity index is 2.46. The number of hydrogen-bond acceptors (Lipinski definition) is 2. The number of rotatable bonds is 2. The lowest BCUT2D eigenvalue weighted by molar-refractivity contribution is 0.344. The van der Waals surface area contributed by atoms with Crippen molar-refractivity contribution in [2.24, 2.45) is 5.92 Å². The van der Waals surface area contributed by atoms with Crippen molar-refractivity contribution in [3.8, 4) is 5.75 Å². The Morgan fingerprint density at radius 2 is 2.06 bits per heavy atom. The molecule has 0 spiro atoms. The zero-order valence-corrected chi connectivity index (χ0v) is 11.6. The van der Waals surface area contributed by atoms with Gasteiger partial charge in [-0.3, -0.25) is 4.98 Å². The maximum Gasteiger partial charge on any atom is 0.144 e. The largest absolute Gasteiger partial charge is 0.491 e. The molecule has 0 amide bonds. The van der Waals surface area contributed by atoms with E-state index < -0.39 is 0 Å². The van der Waals surface area contributed by atoms with Gasteiger partial charge in [0.1, 0.15) is 5.75 Å². The van der Waals surface area contributed by atoms with Crippen LogP contribution in [0.25, 0.3) is 0 Å². The van der Waals surface area contributed by atoms with Crippen LogP contribution in [0.3, 0.4) is 0 Å². The maximum atomic E-state index is 5.82. The third-order valence-corrected chi connectivity index (χ3v) is 3.16. The number of pyridine rings is 1. The average molecular weight is 233 g/mol. The molecule has 1 aliphatic rings. The van der Waals surface area contributed by atoms with Crippen molar-refractivity contribution < 1.29 is 4.74 Å². The molecule has 2 rings (SSSR count). The Bertz CT molecular complexity index is 416. The molecule has 17 heavy (non-hydrogen) atoms. The van der Waals surface area contributed by atoms with Crippen LogP contribution >= 0.6 is 0 Å². The minimum Gasteiger partial charge on any atom is -0.491 e. The minimum absolute atomic E-state index is 0.0603. The number of aromatic nitrogens is 1. The standard InChI is InChI=1S/C15H23NO/c1-10(2)8-11-9-16-14(15(3,4)5)13-12(11)6-7-17-13/h9-10H,6-8H2,1-5H3. The summed E-state index contributed by atoms with van der Waals surface area (Å²) in [6.45, 7) is 11.9. The minimum atomic E-state index is 0.0603. The normalized spacial score (nSPS) is 14.9. The van der Waals surface area contributed by atoms with E-state index in [1.165, 1.54) is 11.1 Å². The second kappa shape index (κ2) is 4.32. The first-order valence-corrected chi connectivity index (χ1v) is 6.53. The quantitative estimate of drug-likeness (QED) is 0.780. The molecule has 1 aromatic rings. The van der Waals surface area contributed by atoms with Crippen LogP contribution < -0.4 is 4.74 Å². The highest BCUT2D eigenvalue weighted by molar-refractivity contribution is 5.47. The predicted molar refractivity (Wildman–Crippen MR) is 70.7 cm³/mol. The first-order chi connectivity index (χ1) is 7.89. The van der Waals surface area contributed by atoms with Gasteiger partial charge in [-0.05, 0) is 17.9 Å². The lowest BCUT2D eigenvalue weighted by Gasteiger charge is -2.21. The van der Waals surface area contributed by atoms with Gasteiger partial charge in [0.25, 0.3) is 0 Å². The summed E-state index contributed by atoms with van der Waals surface area (Å²) < 4.78 is 5.82. The highest BCUT2D eigenvalue weighted by atomic mass is 16.5. The van der Waals surface area contributed by atoms with Gasteiger partial charge >= 0.3 is 0 Å². The summed E-state index contributed by atoms with van der Waals surface area (Å²) in [5.41, 5.74) is 3.95. The van der Waals surface area contributed by atoms with Gasteiger partial charge in [-0.2, -0.15) is 0 Å². The molecule has 2 nitrogen and oxygen atoms in total.